The van der Waals surface area contributed by atoms with E-state index < -0.39 is 11.9 Å². The van der Waals surface area contributed by atoms with Crippen LogP contribution in [0.3, 0.4) is 0 Å². The third kappa shape index (κ3) is 4.23. The number of nitrogens with two attached hydrogens (primary N) is 1. The fourth-order valence-electron chi connectivity index (χ4n) is 4.06. The monoisotopic (exact) mass is 373 g/mol. The van der Waals surface area contributed by atoms with Crippen LogP contribution in [0, 0.1) is 5.92 Å². The highest BCUT2D eigenvalue weighted by atomic mass is 16.5. The predicted molar refractivity (Wildman–Crippen MR) is 101 cm³/mol. The SMILES string of the molecule is COc1ccc(C(N)=O)cc1NC(=O)C1CCCN1C(=O)C1CCCCC1. The average Bonchev–Trinajstić information content (AvgIpc) is 3.18. The van der Waals surface area contributed by atoms with E-state index >= 15 is 0 Å². The molecule has 3 rings (SSSR count). The van der Waals surface area contributed by atoms with Crippen LogP contribution < -0.4 is 15.8 Å². The lowest BCUT2D eigenvalue weighted by Gasteiger charge is -2.30. The van der Waals surface area contributed by atoms with Crippen molar-refractivity contribution in [1.29, 1.82) is 0 Å². The molecule has 1 saturated heterocycles. The smallest absolute Gasteiger partial charge is 0.248 e. The lowest BCUT2D eigenvalue weighted by molar-refractivity contribution is -0.141. The number of likely N-dealkylation sites (tertiary alicyclic amines) is 1. The van der Waals surface area contributed by atoms with Crippen molar-refractivity contribution in [3.8, 4) is 5.75 Å². The van der Waals surface area contributed by atoms with Crippen LogP contribution in [-0.2, 0) is 9.59 Å². The molecule has 1 aromatic carbocycles. The lowest BCUT2D eigenvalue weighted by Crippen LogP contribution is -2.46. The normalized spacial score (nSPS) is 20.3. The molecule has 1 saturated carbocycles. The van der Waals surface area contributed by atoms with Crippen LogP contribution in [0.2, 0.25) is 0 Å². The molecule has 1 aliphatic heterocycles. The second-order valence-electron chi connectivity index (χ2n) is 7.29. The average molecular weight is 373 g/mol. The standard InChI is InChI=1S/C20H27N3O4/c1-27-17-10-9-14(18(21)24)12-15(17)22-19(25)16-8-5-11-23(16)20(26)13-6-3-2-4-7-13/h9-10,12-13,16H,2-8,11H2,1H3,(H2,21,24)(H,22,25). The number of amides is 3. The van der Waals surface area contributed by atoms with Crippen LogP contribution in [0.5, 0.6) is 5.75 Å². The van der Waals surface area contributed by atoms with Gasteiger partial charge in [-0.15, -0.1) is 0 Å². The first-order chi connectivity index (χ1) is 13.0. The zero-order valence-corrected chi connectivity index (χ0v) is 15.7. The quantitative estimate of drug-likeness (QED) is 0.827. The fourth-order valence-corrected chi connectivity index (χ4v) is 4.06. The van der Waals surface area contributed by atoms with Gasteiger partial charge in [0.2, 0.25) is 17.7 Å². The third-order valence-electron chi connectivity index (χ3n) is 5.53. The zero-order valence-electron chi connectivity index (χ0n) is 15.7. The number of methoxy groups -OCH3 is 1. The number of primary amides is 1. The van der Waals surface area contributed by atoms with E-state index in [-0.39, 0.29) is 23.3 Å². The highest BCUT2D eigenvalue weighted by molar-refractivity contribution is 6.00. The van der Waals surface area contributed by atoms with Gasteiger partial charge in [-0.1, -0.05) is 19.3 Å². The number of rotatable bonds is 5. The minimum atomic E-state index is -0.580. The van der Waals surface area contributed by atoms with E-state index in [0.29, 0.717) is 24.4 Å². The number of carbonyl (C=O) groups excluding carboxylic acids is 3. The van der Waals surface area contributed by atoms with E-state index in [1.54, 1.807) is 17.0 Å². The Balaban J connectivity index is 1.74. The molecule has 146 valence electrons. The van der Waals surface area contributed by atoms with Crippen LogP contribution in [0.25, 0.3) is 0 Å². The van der Waals surface area contributed by atoms with Crippen molar-refractivity contribution in [1.82, 2.24) is 4.90 Å². The minimum Gasteiger partial charge on any atom is -0.495 e. The first-order valence-corrected chi connectivity index (χ1v) is 9.60. The van der Waals surface area contributed by atoms with Gasteiger partial charge in [0.25, 0.3) is 0 Å². The van der Waals surface area contributed by atoms with Crippen molar-refractivity contribution >= 4 is 23.4 Å². The Hall–Kier alpha value is -2.57. The molecule has 7 heteroatoms. The van der Waals surface area contributed by atoms with Gasteiger partial charge in [-0.05, 0) is 43.9 Å². The molecule has 1 aromatic rings. The van der Waals surface area contributed by atoms with E-state index in [0.717, 1.165) is 32.1 Å². The number of ether oxygens (including phenoxy) is 1. The lowest BCUT2D eigenvalue weighted by atomic mass is 9.88. The summed E-state index contributed by atoms with van der Waals surface area (Å²) in [7, 11) is 1.49. The molecule has 7 nitrogen and oxygen atoms in total. The molecule has 0 bridgehead atoms. The summed E-state index contributed by atoms with van der Waals surface area (Å²) in [6.45, 7) is 0.617. The van der Waals surface area contributed by atoms with Gasteiger partial charge in [-0.3, -0.25) is 14.4 Å². The summed E-state index contributed by atoms with van der Waals surface area (Å²) in [5.74, 6) is -0.249. The van der Waals surface area contributed by atoms with Crippen LogP contribution in [-0.4, -0.2) is 42.3 Å². The van der Waals surface area contributed by atoms with Gasteiger partial charge in [0.1, 0.15) is 11.8 Å². The number of nitrogens with one attached hydrogen (secondary N) is 1. The number of carbonyl (C=O) groups is 3. The zero-order chi connectivity index (χ0) is 19.4. The Morgan fingerprint density at radius 1 is 1.11 bits per heavy atom. The van der Waals surface area contributed by atoms with Crippen molar-refractivity contribution in [2.24, 2.45) is 11.7 Å². The Bertz CT molecular complexity index is 728. The highest BCUT2D eigenvalue weighted by Crippen LogP contribution is 2.30. The van der Waals surface area contributed by atoms with Gasteiger partial charge in [-0.25, -0.2) is 0 Å². The van der Waals surface area contributed by atoms with E-state index in [1.165, 1.54) is 19.6 Å². The Labute approximate surface area is 159 Å². The van der Waals surface area contributed by atoms with Gasteiger partial charge in [0, 0.05) is 18.0 Å². The summed E-state index contributed by atoms with van der Waals surface area (Å²) in [5.41, 5.74) is 6.00. The number of anilines is 1. The van der Waals surface area contributed by atoms with E-state index in [4.69, 9.17) is 10.5 Å². The van der Waals surface area contributed by atoms with Crippen LogP contribution in [0.15, 0.2) is 18.2 Å². The molecule has 0 radical (unpaired) electrons. The van der Waals surface area contributed by atoms with Crippen LogP contribution in [0.1, 0.15) is 55.3 Å². The Kier molecular flexibility index (Phi) is 5.98. The molecular weight excluding hydrogens is 346 g/mol. The molecular formula is C20H27N3O4. The van der Waals surface area contributed by atoms with Gasteiger partial charge < -0.3 is 20.7 Å². The van der Waals surface area contributed by atoms with Crippen LogP contribution in [0.4, 0.5) is 5.69 Å². The van der Waals surface area contributed by atoms with Crippen molar-refractivity contribution in [3.63, 3.8) is 0 Å². The topological polar surface area (TPSA) is 102 Å². The molecule has 3 amide bonds. The predicted octanol–water partition coefficient (Wildman–Crippen LogP) is 2.30. The molecule has 2 aliphatic rings. The third-order valence-corrected chi connectivity index (χ3v) is 5.53. The highest BCUT2D eigenvalue weighted by Gasteiger charge is 2.37. The first kappa shape index (κ1) is 19.2. The molecule has 3 N–H and O–H groups in total. The van der Waals surface area contributed by atoms with Gasteiger partial charge >= 0.3 is 0 Å². The maximum absolute atomic E-state index is 12.9. The Morgan fingerprint density at radius 3 is 2.52 bits per heavy atom. The second-order valence-corrected chi connectivity index (χ2v) is 7.29. The summed E-state index contributed by atoms with van der Waals surface area (Å²) in [5, 5.41) is 2.82. The summed E-state index contributed by atoms with van der Waals surface area (Å²) in [6.07, 6.45) is 6.63. The number of hydrogen-bond donors (Lipinski definition) is 2. The van der Waals surface area contributed by atoms with E-state index in [9.17, 15) is 14.4 Å². The van der Waals surface area contributed by atoms with Crippen molar-refractivity contribution in [3.05, 3.63) is 23.8 Å². The second kappa shape index (κ2) is 8.41. The molecule has 0 aromatic heterocycles. The maximum Gasteiger partial charge on any atom is 0.248 e. The van der Waals surface area contributed by atoms with Crippen molar-refractivity contribution in [2.75, 3.05) is 19.0 Å². The van der Waals surface area contributed by atoms with E-state index in [2.05, 4.69) is 5.32 Å². The molecule has 2 fully saturated rings. The number of hydrogen-bond acceptors (Lipinski definition) is 4. The Morgan fingerprint density at radius 2 is 1.85 bits per heavy atom. The largest absolute Gasteiger partial charge is 0.495 e. The molecule has 1 heterocycles. The van der Waals surface area contributed by atoms with Crippen molar-refractivity contribution in [2.45, 2.75) is 51.0 Å². The first-order valence-electron chi connectivity index (χ1n) is 9.60. The molecule has 1 unspecified atom stereocenters. The van der Waals surface area contributed by atoms with Gasteiger partial charge in [0.05, 0.1) is 12.8 Å². The molecule has 1 aliphatic carbocycles. The molecule has 27 heavy (non-hydrogen) atoms. The van der Waals surface area contributed by atoms with Crippen LogP contribution >= 0.6 is 0 Å². The number of benzene rings is 1. The van der Waals surface area contributed by atoms with Gasteiger partial charge in [0.15, 0.2) is 0 Å². The summed E-state index contributed by atoms with van der Waals surface area (Å²) in [4.78, 5) is 38.9. The molecule has 0 spiro atoms. The number of nitrogens with zero attached hydrogens (tertiary/aromatic N) is 1. The minimum absolute atomic E-state index is 0.0416. The fraction of sp³-hybridized carbons (Fsp3) is 0.550. The maximum atomic E-state index is 12.9. The van der Waals surface area contributed by atoms with Gasteiger partial charge in [-0.2, -0.15) is 0 Å². The van der Waals surface area contributed by atoms with Crippen molar-refractivity contribution < 1.29 is 19.1 Å². The summed E-state index contributed by atoms with van der Waals surface area (Å²) >= 11 is 0. The summed E-state index contributed by atoms with van der Waals surface area (Å²) in [6, 6.07) is 4.16. The summed E-state index contributed by atoms with van der Waals surface area (Å²) < 4.78 is 5.27. The van der Waals surface area contributed by atoms with E-state index in [1.807, 2.05) is 0 Å². The molecule has 1 atom stereocenters.